The highest BCUT2D eigenvalue weighted by atomic mass is 127. The first-order valence-electron chi connectivity index (χ1n) is 4.95. The van der Waals surface area contributed by atoms with E-state index in [0.29, 0.717) is 0 Å². The van der Waals surface area contributed by atoms with Crippen LogP contribution in [0, 0.1) is 16.3 Å². The molecular weight excluding hydrogens is 416 g/mol. The van der Waals surface area contributed by atoms with Crippen LogP contribution in [0.1, 0.15) is 22.0 Å². The first-order chi connectivity index (χ1) is 7.99. The van der Waals surface area contributed by atoms with Gasteiger partial charge in [-0.25, -0.2) is 4.39 Å². The number of nitrogens with two attached hydrogens (primary N) is 1. The van der Waals surface area contributed by atoms with Gasteiger partial charge in [-0.3, -0.25) is 0 Å². The van der Waals surface area contributed by atoms with Crippen LogP contribution < -0.4 is 5.73 Å². The van der Waals surface area contributed by atoms with Crippen molar-refractivity contribution in [3.05, 3.63) is 53.4 Å². The van der Waals surface area contributed by atoms with E-state index in [2.05, 4.69) is 38.5 Å². The predicted octanol–water partition coefficient (Wildman–Crippen LogP) is 4.61. The van der Waals surface area contributed by atoms with Crippen molar-refractivity contribution in [2.45, 2.75) is 13.0 Å². The Balaban J connectivity index is 2.43. The van der Waals surface area contributed by atoms with Gasteiger partial charge in [0.2, 0.25) is 0 Å². The zero-order chi connectivity index (χ0) is 12.6. The van der Waals surface area contributed by atoms with E-state index in [0.717, 1.165) is 18.5 Å². The summed E-state index contributed by atoms with van der Waals surface area (Å²) in [5.41, 5.74) is 8.29. The second-order valence-electron chi connectivity index (χ2n) is 3.71. The molecule has 1 nitrogen and oxygen atoms in total. The fourth-order valence-electron chi connectivity index (χ4n) is 1.69. The Morgan fingerprint density at radius 1 is 1.35 bits per heavy atom. The molecule has 1 atom stereocenters. The van der Waals surface area contributed by atoms with Gasteiger partial charge in [-0.05, 0) is 74.8 Å². The van der Waals surface area contributed by atoms with E-state index in [4.69, 9.17) is 5.73 Å². The predicted molar refractivity (Wildman–Crippen MR) is 81.9 cm³/mol. The van der Waals surface area contributed by atoms with Crippen LogP contribution in [0.25, 0.3) is 0 Å². The molecule has 1 unspecified atom stereocenters. The Morgan fingerprint density at radius 3 is 2.59 bits per heavy atom. The first-order valence-corrected chi connectivity index (χ1v) is 7.64. The second kappa shape index (κ2) is 5.34. The van der Waals surface area contributed by atoms with E-state index >= 15 is 0 Å². The van der Waals surface area contributed by atoms with Crippen molar-refractivity contribution in [2.24, 2.45) is 5.73 Å². The molecule has 0 saturated heterocycles. The number of hydrogen-bond donors (Lipinski definition) is 1. The third kappa shape index (κ3) is 2.89. The summed E-state index contributed by atoms with van der Waals surface area (Å²) in [4.78, 5) is 1.18. The lowest BCUT2D eigenvalue weighted by atomic mass is 10.0. The van der Waals surface area contributed by atoms with Crippen LogP contribution in [0.2, 0.25) is 0 Å². The quantitative estimate of drug-likeness (QED) is 0.698. The normalized spacial score (nSPS) is 12.8. The maximum atomic E-state index is 13.0. The fourth-order valence-corrected chi connectivity index (χ4v) is 4.26. The molecular formula is C12H10BrFINS. The van der Waals surface area contributed by atoms with E-state index < -0.39 is 0 Å². The Morgan fingerprint density at radius 2 is 2.06 bits per heavy atom. The van der Waals surface area contributed by atoms with Crippen molar-refractivity contribution in [1.82, 2.24) is 0 Å². The lowest BCUT2D eigenvalue weighted by Gasteiger charge is -2.14. The van der Waals surface area contributed by atoms with E-state index in [1.54, 1.807) is 17.4 Å². The number of thiophene rings is 1. The average Bonchev–Trinajstić information content (AvgIpc) is 2.57. The summed E-state index contributed by atoms with van der Waals surface area (Å²) in [7, 11) is 0. The third-order valence-electron chi connectivity index (χ3n) is 2.56. The molecule has 2 aromatic rings. The number of benzene rings is 1. The molecule has 2 rings (SSSR count). The van der Waals surface area contributed by atoms with Crippen molar-refractivity contribution < 1.29 is 4.39 Å². The minimum Gasteiger partial charge on any atom is -0.320 e. The van der Waals surface area contributed by atoms with Gasteiger partial charge >= 0.3 is 0 Å². The van der Waals surface area contributed by atoms with Crippen molar-refractivity contribution in [3.8, 4) is 0 Å². The molecule has 0 fully saturated rings. The smallest absolute Gasteiger partial charge is 0.124 e. The summed E-state index contributed by atoms with van der Waals surface area (Å²) in [5, 5.41) is 0. The van der Waals surface area contributed by atoms with Gasteiger partial charge in [0.25, 0.3) is 0 Å². The molecule has 1 aromatic heterocycles. The van der Waals surface area contributed by atoms with Gasteiger partial charge < -0.3 is 5.73 Å². The van der Waals surface area contributed by atoms with Crippen LogP contribution in [0.15, 0.2) is 28.1 Å². The second-order valence-corrected chi connectivity index (χ2v) is 7.50. The molecule has 90 valence electrons. The highest BCUT2D eigenvalue weighted by Gasteiger charge is 2.16. The molecule has 5 heteroatoms. The van der Waals surface area contributed by atoms with Gasteiger partial charge in [0.1, 0.15) is 5.82 Å². The number of rotatable bonds is 2. The van der Waals surface area contributed by atoms with E-state index in [-0.39, 0.29) is 11.9 Å². The summed E-state index contributed by atoms with van der Waals surface area (Å²) in [6.07, 6.45) is 0. The molecule has 2 N–H and O–H groups in total. The molecule has 0 radical (unpaired) electrons. The fraction of sp³-hybridized carbons (Fsp3) is 0.167. The number of halogens is 3. The van der Waals surface area contributed by atoms with Gasteiger partial charge in [0.05, 0.1) is 9.83 Å². The topological polar surface area (TPSA) is 26.0 Å². The molecule has 1 aromatic carbocycles. The van der Waals surface area contributed by atoms with Gasteiger partial charge in [-0.1, -0.05) is 6.07 Å². The third-order valence-corrected chi connectivity index (χ3v) is 5.06. The zero-order valence-electron chi connectivity index (χ0n) is 9.01. The van der Waals surface area contributed by atoms with Crippen molar-refractivity contribution in [3.63, 3.8) is 0 Å². The van der Waals surface area contributed by atoms with E-state index in [1.807, 2.05) is 13.0 Å². The van der Waals surface area contributed by atoms with Crippen molar-refractivity contribution >= 4 is 49.9 Å². The van der Waals surface area contributed by atoms with Crippen LogP contribution in [-0.2, 0) is 0 Å². The van der Waals surface area contributed by atoms with Crippen LogP contribution in [0.3, 0.4) is 0 Å². The zero-order valence-corrected chi connectivity index (χ0v) is 13.6. The van der Waals surface area contributed by atoms with Crippen LogP contribution in [0.5, 0.6) is 0 Å². The van der Waals surface area contributed by atoms with Crippen LogP contribution in [-0.4, -0.2) is 0 Å². The molecule has 1 heterocycles. The lowest BCUT2D eigenvalue weighted by molar-refractivity contribution is 0.625. The standard InChI is InChI=1S/C12H10BrFINS/c1-6-9(5-11(13)17-6)12(16)8-3-2-7(14)4-10(8)15/h2-5,12H,16H2,1H3. The SMILES string of the molecule is Cc1sc(Br)cc1C(N)c1ccc(F)cc1I. The highest BCUT2D eigenvalue weighted by Crippen LogP contribution is 2.33. The van der Waals surface area contributed by atoms with Crippen LogP contribution in [0.4, 0.5) is 4.39 Å². The first kappa shape index (κ1) is 13.5. The minimum atomic E-state index is -0.228. The van der Waals surface area contributed by atoms with Gasteiger partial charge in [-0.15, -0.1) is 11.3 Å². The highest BCUT2D eigenvalue weighted by molar-refractivity contribution is 14.1. The molecule has 0 spiro atoms. The summed E-state index contributed by atoms with van der Waals surface area (Å²) in [5.74, 6) is -0.228. The van der Waals surface area contributed by atoms with Crippen molar-refractivity contribution in [1.29, 1.82) is 0 Å². The van der Waals surface area contributed by atoms with Gasteiger partial charge in [-0.2, -0.15) is 0 Å². The monoisotopic (exact) mass is 425 g/mol. The minimum absolute atomic E-state index is 0.204. The molecule has 0 aliphatic heterocycles. The summed E-state index contributed by atoms with van der Waals surface area (Å²) < 4.78 is 15.0. The summed E-state index contributed by atoms with van der Waals surface area (Å²) in [6.45, 7) is 2.04. The summed E-state index contributed by atoms with van der Waals surface area (Å²) in [6, 6.07) is 6.54. The maximum Gasteiger partial charge on any atom is 0.124 e. The Bertz CT molecular complexity index is 555. The Kier molecular flexibility index (Phi) is 4.22. The summed E-state index contributed by atoms with van der Waals surface area (Å²) >= 11 is 7.23. The lowest BCUT2D eigenvalue weighted by Crippen LogP contribution is -2.13. The van der Waals surface area contributed by atoms with Gasteiger partial charge in [0, 0.05) is 8.45 Å². The molecule has 0 aliphatic rings. The maximum absolute atomic E-state index is 13.0. The molecule has 0 amide bonds. The van der Waals surface area contributed by atoms with E-state index in [1.165, 1.54) is 17.0 Å². The van der Waals surface area contributed by atoms with Gasteiger partial charge in [0.15, 0.2) is 0 Å². The van der Waals surface area contributed by atoms with E-state index in [9.17, 15) is 4.39 Å². The molecule has 0 bridgehead atoms. The Hall–Kier alpha value is 0.0200. The molecule has 0 saturated carbocycles. The largest absolute Gasteiger partial charge is 0.320 e. The average molecular weight is 426 g/mol. The molecule has 17 heavy (non-hydrogen) atoms. The number of hydrogen-bond acceptors (Lipinski definition) is 2. The Labute approximate surface area is 125 Å². The van der Waals surface area contributed by atoms with Crippen molar-refractivity contribution in [2.75, 3.05) is 0 Å². The number of aryl methyl sites for hydroxylation is 1. The molecule has 0 aliphatic carbocycles. The van der Waals surface area contributed by atoms with Crippen LogP contribution >= 0.6 is 49.9 Å².